The van der Waals surface area contributed by atoms with Crippen LogP contribution in [0.5, 0.6) is 0 Å². The molecule has 0 fully saturated rings. The van der Waals surface area contributed by atoms with Crippen molar-refractivity contribution in [3.05, 3.63) is 18.7 Å². The van der Waals surface area contributed by atoms with Crippen LogP contribution in [0.1, 0.15) is 0 Å². The first-order valence-electron chi connectivity index (χ1n) is 3.21. The molecule has 0 aliphatic rings. The fourth-order valence-electron chi connectivity index (χ4n) is 0.869. The third kappa shape index (κ3) is 1.50. The highest BCUT2D eigenvalue weighted by atomic mass is 35.7. The predicted octanol–water partition coefficient (Wildman–Crippen LogP) is 1.15. The van der Waals surface area contributed by atoms with Crippen LogP contribution < -0.4 is 0 Å². The molecule has 5 nitrogen and oxygen atoms in total. The van der Waals surface area contributed by atoms with Gasteiger partial charge in [-0.3, -0.25) is 0 Å². The van der Waals surface area contributed by atoms with Gasteiger partial charge >= 0.3 is 0 Å². The van der Waals surface area contributed by atoms with Crippen molar-refractivity contribution in [3.63, 3.8) is 0 Å². The first-order valence-corrected chi connectivity index (χ1v) is 5.52. The fraction of sp³-hybridized carbons (Fsp3) is 0. The van der Waals surface area contributed by atoms with Gasteiger partial charge in [0.25, 0.3) is 9.05 Å². The van der Waals surface area contributed by atoms with E-state index in [4.69, 9.17) is 15.1 Å². The molecule has 0 radical (unpaired) electrons. The number of aromatic nitrogens is 2. The van der Waals surface area contributed by atoms with Crippen molar-refractivity contribution in [2.24, 2.45) is 0 Å². The zero-order valence-electron chi connectivity index (χ0n) is 6.14. The van der Waals surface area contributed by atoms with Gasteiger partial charge in [-0.1, -0.05) is 0 Å². The second-order valence-corrected chi connectivity index (χ2v) is 4.85. The lowest BCUT2D eigenvalue weighted by Crippen LogP contribution is -1.91. The molecule has 0 aliphatic carbocycles. The van der Waals surface area contributed by atoms with Crippen LogP contribution in [0.2, 0.25) is 0 Å². The zero-order valence-corrected chi connectivity index (χ0v) is 7.71. The average Bonchev–Trinajstić information content (AvgIpc) is 2.47. The number of nitrogens with zero attached hydrogens (tertiary/aromatic N) is 2. The maximum absolute atomic E-state index is 10.9. The maximum Gasteiger partial charge on any atom is 0.262 e. The van der Waals surface area contributed by atoms with Gasteiger partial charge < -0.3 is 4.42 Å². The molecule has 2 aromatic rings. The predicted molar refractivity (Wildman–Crippen MR) is 44.8 cm³/mol. The second-order valence-electron chi connectivity index (χ2n) is 2.28. The van der Waals surface area contributed by atoms with Gasteiger partial charge in [-0.2, -0.15) is 4.98 Å². The van der Waals surface area contributed by atoms with Crippen molar-refractivity contribution in [1.82, 2.24) is 9.97 Å². The minimum atomic E-state index is -3.75. The first-order chi connectivity index (χ1) is 6.07. The summed E-state index contributed by atoms with van der Waals surface area (Å²) in [6.07, 6.45) is 2.31. The zero-order chi connectivity index (χ0) is 9.47. The van der Waals surface area contributed by atoms with Crippen LogP contribution in [-0.2, 0) is 9.05 Å². The molecule has 0 aliphatic heterocycles. The molecule has 13 heavy (non-hydrogen) atoms. The Hall–Kier alpha value is -1.14. The number of hydrogen-bond donors (Lipinski definition) is 0. The largest absolute Gasteiger partial charge is 0.442 e. The highest BCUT2D eigenvalue weighted by molar-refractivity contribution is 8.13. The van der Waals surface area contributed by atoms with Crippen molar-refractivity contribution in [1.29, 1.82) is 0 Å². The lowest BCUT2D eigenvalue weighted by molar-refractivity contribution is 0.597. The Morgan fingerprint density at radius 1 is 1.38 bits per heavy atom. The smallest absolute Gasteiger partial charge is 0.262 e. The Morgan fingerprint density at radius 3 is 2.85 bits per heavy atom. The molecule has 0 aromatic carbocycles. The van der Waals surface area contributed by atoms with Crippen LogP contribution in [0.15, 0.2) is 28.0 Å². The third-order valence-electron chi connectivity index (χ3n) is 1.44. The van der Waals surface area contributed by atoms with Crippen LogP contribution in [0.4, 0.5) is 0 Å². The summed E-state index contributed by atoms with van der Waals surface area (Å²) in [6, 6.07) is 1.28. The molecule has 7 heteroatoms. The van der Waals surface area contributed by atoms with Crippen molar-refractivity contribution in [3.8, 4) is 0 Å². The van der Waals surface area contributed by atoms with Crippen molar-refractivity contribution in [2.45, 2.75) is 4.90 Å². The molecule has 2 heterocycles. The van der Waals surface area contributed by atoms with E-state index in [1.807, 2.05) is 0 Å². The minimum absolute atomic E-state index is 0.0987. The van der Waals surface area contributed by atoms with E-state index in [9.17, 15) is 8.42 Å². The normalized spacial score (nSPS) is 12.1. The molecule has 2 rings (SSSR count). The summed E-state index contributed by atoms with van der Waals surface area (Å²) in [5.41, 5.74) is 0.644. The number of pyridine rings is 1. The SMILES string of the molecule is O=S(=O)(Cl)c1cnc2ncoc2c1. The number of halogens is 1. The van der Waals surface area contributed by atoms with Crippen LogP contribution in [0, 0.1) is 0 Å². The molecule has 0 atom stereocenters. The van der Waals surface area contributed by atoms with E-state index in [0.717, 1.165) is 6.20 Å². The van der Waals surface area contributed by atoms with Crippen LogP contribution in [-0.4, -0.2) is 18.4 Å². The Bertz CT molecular complexity index is 548. The van der Waals surface area contributed by atoms with E-state index in [1.54, 1.807) is 0 Å². The average molecular weight is 219 g/mol. The Labute approximate surface area is 77.8 Å². The topological polar surface area (TPSA) is 73.1 Å². The van der Waals surface area contributed by atoms with E-state index >= 15 is 0 Å². The second kappa shape index (κ2) is 2.68. The fourth-order valence-corrected chi connectivity index (χ4v) is 1.55. The van der Waals surface area contributed by atoms with Crippen molar-refractivity contribution >= 4 is 31.0 Å². The summed E-state index contributed by atoms with van der Waals surface area (Å²) in [5, 5.41) is 0. The lowest BCUT2D eigenvalue weighted by atomic mass is 10.5. The van der Waals surface area contributed by atoms with Crippen molar-refractivity contribution in [2.75, 3.05) is 0 Å². The molecule has 2 aromatic heterocycles. The van der Waals surface area contributed by atoms with E-state index in [0.29, 0.717) is 11.2 Å². The van der Waals surface area contributed by atoms with Gasteiger partial charge in [-0.15, -0.1) is 0 Å². The van der Waals surface area contributed by atoms with Gasteiger partial charge in [-0.05, 0) is 0 Å². The molecule has 0 saturated heterocycles. The van der Waals surface area contributed by atoms with Crippen LogP contribution in [0.25, 0.3) is 11.2 Å². The van der Waals surface area contributed by atoms with Gasteiger partial charge in [0.05, 0.1) is 0 Å². The molecule has 0 spiro atoms. The lowest BCUT2D eigenvalue weighted by Gasteiger charge is -1.92. The monoisotopic (exact) mass is 218 g/mol. The molecule has 0 bridgehead atoms. The summed E-state index contributed by atoms with van der Waals surface area (Å²) in [6.45, 7) is 0. The summed E-state index contributed by atoms with van der Waals surface area (Å²) in [4.78, 5) is 7.37. The highest BCUT2D eigenvalue weighted by Crippen LogP contribution is 2.18. The molecule has 0 saturated carbocycles. The van der Waals surface area contributed by atoms with Crippen LogP contribution in [0.3, 0.4) is 0 Å². The standard InChI is InChI=1S/C6H3ClN2O3S/c7-13(10,11)4-1-5-6(8-2-4)9-3-12-5/h1-3H. The van der Waals surface area contributed by atoms with Crippen molar-refractivity contribution < 1.29 is 12.8 Å². The van der Waals surface area contributed by atoms with Gasteiger partial charge in [0, 0.05) is 22.9 Å². The molecule has 0 N–H and O–H groups in total. The quantitative estimate of drug-likeness (QED) is 0.672. The Kier molecular flexibility index (Phi) is 1.74. The molecular formula is C6H3ClN2O3S. The first kappa shape index (κ1) is 8.46. The molecular weight excluding hydrogens is 216 g/mol. The molecule has 0 amide bonds. The third-order valence-corrected chi connectivity index (χ3v) is 2.76. The Morgan fingerprint density at radius 2 is 2.15 bits per heavy atom. The minimum Gasteiger partial charge on any atom is -0.442 e. The summed E-state index contributed by atoms with van der Waals surface area (Å²) < 4.78 is 26.6. The van der Waals surface area contributed by atoms with E-state index in [2.05, 4.69) is 9.97 Å². The highest BCUT2D eigenvalue weighted by Gasteiger charge is 2.12. The van der Waals surface area contributed by atoms with E-state index in [-0.39, 0.29) is 4.90 Å². The summed E-state index contributed by atoms with van der Waals surface area (Å²) in [5.74, 6) is 0. The molecule has 68 valence electrons. The number of oxazole rings is 1. The summed E-state index contributed by atoms with van der Waals surface area (Å²) in [7, 11) is 1.35. The number of rotatable bonds is 1. The van der Waals surface area contributed by atoms with E-state index < -0.39 is 9.05 Å². The number of hydrogen-bond acceptors (Lipinski definition) is 5. The van der Waals surface area contributed by atoms with Gasteiger partial charge in [-0.25, -0.2) is 13.4 Å². The van der Waals surface area contributed by atoms with Gasteiger partial charge in [0.1, 0.15) is 4.90 Å². The number of fused-ring (bicyclic) bond motifs is 1. The van der Waals surface area contributed by atoms with E-state index in [1.165, 1.54) is 12.5 Å². The van der Waals surface area contributed by atoms with Gasteiger partial charge in [0.2, 0.25) is 0 Å². The Balaban J connectivity index is 2.75. The van der Waals surface area contributed by atoms with Gasteiger partial charge in [0.15, 0.2) is 17.6 Å². The maximum atomic E-state index is 10.9. The molecule has 0 unspecified atom stereocenters. The summed E-state index contributed by atoms with van der Waals surface area (Å²) >= 11 is 0. The van der Waals surface area contributed by atoms with Crippen LogP contribution >= 0.6 is 10.7 Å².